The highest BCUT2D eigenvalue weighted by Crippen LogP contribution is 2.20. The van der Waals surface area contributed by atoms with E-state index in [9.17, 15) is 19.3 Å². The molecule has 0 saturated heterocycles. The summed E-state index contributed by atoms with van der Waals surface area (Å²) in [5, 5.41) is 13.2. The van der Waals surface area contributed by atoms with Crippen molar-refractivity contribution in [3.05, 3.63) is 39.7 Å². The Morgan fingerprint density at radius 2 is 2.06 bits per heavy atom. The number of hydrogen-bond donors (Lipinski definition) is 1. The number of carbonyl (C=O) groups is 1. The third-order valence-corrected chi connectivity index (χ3v) is 3.10. The van der Waals surface area contributed by atoms with E-state index >= 15 is 0 Å². The number of nitrogens with zero attached hydrogens (tertiary/aromatic N) is 1. The lowest BCUT2D eigenvalue weighted by Crippen LogP contribution is -2.32. The summed E-state index contributed by atoms with van der Waals surface area (Å²) in [4.78, 5) is 21.4. The van der Waals surface area contributed by atoms with Gasteiger partial charge in [0, 0.05) is 17.7 Å². The smallest absolute Gasteiger partial charge is 0.304 e. The largest absolute Gasteiger partial charge is 0.349 e. The molecule has 0 unspecified atom stereocenters. The van der Waals surface area contributed by atoms with Gasteiger partial charge in [-0.15, -0.1) is 0 Å². The van der Waals surface area contributed by atoms with Gasteiger partial charge in [0.2, 0.25) is 5.82 Å². The molecule has 0 atom stereocenters. The van der Waals surface area contributed by atoms with Crippen LogP contribution in [0.15, 0.2) is 18.2 Å². The minimum Gasteiger partial charge on any atom is -0.349 e. The molecule has 1 aliphatic rings. The predicted octanol–water partition coefficient (Wildman–Crippen LogP) is 2.41. The van der Waals surface area contributed by atoms with Gasteiger partial charge in [0.05, 0.1) is 4.92 Å². The van der Waals surface area contributed by atoms with Gasteiger partial charge in [0.15, 0.2) is 0 Å². The van der Waals surface area contributed by atoms with Crippen LogP contribution in [0.4, 0.5) is 10.1 Å². The first-order valence-electron chi connectivity index (χ1n) is 5.83. The SMILES string of the molecule is O=C(NC1CCCC1)c1ccc([N+](=O)[O-])c(F)c1. The van der Waals surface area contributed by atoms with E-state index in [-0.39, 0.29) is 17.5 Å². The quantitative estimate of drug-likeness (QED) is 0.663. The first kappa shape index (κ1) is 12.5. The van der Waals surface area contributed by atoms with Crippen LogP contribution in [0, 0.1) is 15.9 Å². The van der Waals surface area contributed by atoms with Gasteiger partial charge in [-0.3, -0.25) is 14.9 Å². The summed E-state index contributed by atoms with van der Waals surface area (Å²) < 4.78 is 13.4. The highest BCUT2D eigenvalue weighted by Gasteiger charge is 2.20. The second-order valence-electron chi connectivity index (χ2n) is 4.38. The Kier molecular flexibility index (Phi) is 3.55. The van der Waals surface area contributed by atoms with Crippen LogP contribution < -0.4 is 5.32 Å². The molecule has 96 valence electrons. The number of nitro benzene ring substituents is 1. The van der Waals surface area contributed by atoms with Gasteiger partial charge in [0.25, 0.3) is 5.91 Å². The monoisotopic (exact) mass is 252 g/mol. The highest BCUT2D eigenvalue weighted by atomic mass is 19.1. The van der Waals surface area contributed by atoms with E-state index in [1.807, 2.05) is 0 Å². The van der Waals surface area contributed by atoms with Gasteiger partial charge in [-0.25, -0.2) is 0 Å². The molecule has 1 fully saturated rings. The van der Waals surface area contributed by atoms with Gasteiger partial charge in [-0.2, -0.15) is 4.39 Å². The lowest BCUT2D eigenvalue weighted by atomic mass is 10.1. The molecular formula is C12H13FN2O3. The van der Waals surface area contributed by atoms with E-state index in [0.717, 1.165) is 37.8 Å². The second kappa shape index (κ2) is 5.12. The summed E-state index contributed by atoms with van der Waals surface area (Å²) in [6, 6.07) is 3.32. The number of nitro groups is 1. The van der Waals surface area contributed by atoms with E-state index in [2.05, 4.69) is 5.32 Å². The molecular weight excluding hydrogens is 239 g/mol. The zero-order valence-corrected chi connectivity index (χ0v) is 9.69. The van der Waals surface area contributed by atoms with Crippen molar-refractivity contribution >= 4 is 11.6 Å². The minimum atomic E-state index is -0.987. The summed E-state index contributed by atoms with van der Waals surface area (Å²) in [6.07, 6.45) is 4.03. The van der Waals surface area contributed by atoms with Crippen LogP contribution in [0.25, 0.3) is 0 Å². The van der Waals surface area contributed by atoms with Gasteiger partial charge in [-0.05, 0) is 25.0 Å². The van der Waals surface area contributed by atoms with E-state index in [1.54, 1.807) is 0 Å². The van der Waals surface area contributed by atoms with Crippen LogP contribution in [0.3, 0.4) is 0 Å². The third kappa shape index (κ3) is 2.64. The molecule has 2 rings (SSSR count). The first-order chi connectivity index (χ1) is 8.58. The Morgan fingerprint density at radius 3 is 2.61 bits per heavy atom. The van der Waals surface area contributed by atoms with Crippen molar-refractivity contribution in [2.45, 2.75) is 31.7 Å². The second-order valence-corrected chi connectivity index (χ2v) is 4.38. The van der Waals surface area contributed by atoms with Crippen molar-refractivity contribution in [1.82, 2.24) is 5.32 Å². The fraction of sp³-hybridized carbons (Fsp3) is 0.417. The Hall–Kier alpha value is -1.98. The molecule has 0 bridgehead atoms. The lowest BCUT2D eigenvalue weighted by Gasteiger charge is -2.11. The molecule has 0 aromatic heterocycles. The molecule has 1 aliphatic carbocycles. The van der Waals surface area contributed by atoms with Crippen molar-refractivity contribution in [3.8, 4) is 0 Å². The summed E-state index contributed by atoms with van der Waals surface area (Å²) in [5.41, 5.74) is -0.502. The molecule has 0 heterocycles. The summed E-state index contributed by atoms with van der Waals surface area (Å²) in [7, 11) is 0. The normalized spacial score (nSPS) is 15.6. The van der Waals surface area contributed by atoms with Gasteiger partial charge < -0.3 is 5.32 Å². The number of nitrogens with one attached hydrogen (secondary N) is 1. The Labute approximate surface area is 103 Å². The number of halogens is 1. The van der Waals surface area contributed by atoms with E-state index in [0.29, 0.717) is 0 Å². The molecule has 0 radical (unpaired) electrons. The predicted molar refractivity (Wildman–Crippen MR) is 62.8 cm³/mol. The Balaban J connectivity index is 2.10. The topological polar surface area (TPSA) is 72.2 Å². The van der Waals surface area contributed by atoms with Crippen molar-refractivity contribution in [2.24, 2.45) is 0 Å². The van der Waals surface area contributed by atoms with Crippen molar-refractivity contribution in [2.75, 3.05) is 0 Å². The Bertz CT molecular complexity index is 484. The fourth-order valence-electron chi connectivity index (χ4n) is 2.14. The van der Waals surface area contributed by atoms with Crippen LogP contribution >= 0.6 is 0 Å². The molecule has 1 amide bonds. The Morgan fingerprint density at radius 1 is 1.39 bits per heavy atom. The van der Waals surface area contributed by atoms with Crippen LogP contribution in [-0.2, 0) is 0 Å². The zero-order chi connectivity index (χ0) is 13.1. The summed E-state index contributed by atoms with van der Waals surface area (Å²) in [6.45, 7) is 0. The number of rotatable bonds is 3. The van der Waals surface area contributed by atoms with Gasteiger partial charge in [-0.1, -0.05) is 12.8 Å². The van der Waals surface area contributed by atoms with Gasteiger partial charge >= 0.3 is 5.69 Å². The van der Waals surface area contributed by atoms with Crippen LogP contribution in [0.2, 0.25) is 0 Å². The number of benzene rings is 1. The van der Waals surface area contributed by atoms with Crippen LogP contribution in [0.1, 0.15) is 36.0 Å². The average molecular weight is 252 g/mol. The lowest BCUT2D eigenvalue weighted by molar-refractivity contribution is -0.387. The maximum absolute atomic E-state index is 13.4. The molecule has 6 heteroatoms. The molecule has 1 aromatic carbocycles. The number of carbonyl (C=O) groups excluding carboxylic acids is 1. The maximum Gasteiger partial charge on any atom is 0.304 e. The summed E-state index contributed by atoms with van der Waals surface area (Å²) in [5.74, 6) is -1.37. The molecule has 0 aliphatic heterocycles. The molecule has 5 nitrogen and oxygen atoms in total. The fourth-order valence-corrected chi connectivity index (χ4v) is 2.14. The van der Waals surface area contributed by atoms with E-state index in [4.69, 9.17) is 0 Å². The number of hydrogen-bond acceptors (Lipinski definition) is 3. The van der Waals surface area contributed by atoms with Crippen molar-refractivity contribution < 1.29 is 14.1 Å². The minimum absolute atomic E-state index is 0.116. The molecule has 18 heavy (non-hydrogen) atoms. The average Bonchev–Trinajstić information content (AvgIpc) is 2.81. The van der Waals surface area contributed by atoms with Crippen LogP contribution in [-0.4, -0.2) is 16.9 Å². The molecule has 1 saturated carbocycles. The van der Waals surface area contributed by atoms with Crippen molar-refractivity contribution in [3.63, 3.8) is 0 Å². The summed E-state index contributed by atoms with van der Waals surface area (Å²) >= 11 is 0. The zero-order valence-electron chi connectivity index (χ0n) is 9.69. The first-order valence-corrected chi connectivity index (χ1v) is 5.83. The van der Waals surface area contributed by atoms with Crippen LogP contribution in [0.5, 0.6) is 0 Å². The van der Waals surface area contributed by atoms with E-state index < -0.39 is 16.4 Å². The highest BCUT2D eigenvalue weighted by molar-refractivity contribution is 5.94. The third-order valence-electron chi connectivity index (χ3n) is 3.10. The number of amides is 1. The van der Waals surface area contributed by atoms with Gasteiger partial charge in [0.1, 0.15) is 0 Å². The maximum atomic E-state index is 13.4. The molecule has 1 N–H and O–H groups in total. The standard InChI is InChI=1S/C12H13FN2O3/c13-10-7-8(5-6-11(10)15(17)18)12(16)14-9-3-1-2-4-9/h5-7,9H,1-4H2,(H,14,16). The van der Waals surface area contributed by atoms with E-state index in [1.165, 1.54) is 6.07 Å². The molecule has 0 spiro atoms. The molecule has 1 aromatic rings. The van der Waals surface area contributed by atoms with Crippen molar-refractivity contribution in [1.29, 1.82) is 0 Å².